The highest BCUT2D eigenvalue weighted by Crippen LogP contribution is 2.26. The summed E-state index contributed by atoms with van der Waals surface area (Å²) in [6, 6.07) is 3.50. The number of sulfonamides is 1. The molecule has 2 atom stereocenters. The summed E-state index contributed by atoms with van der Waals surface area (Å²) in [5.41, 5.74) is 5.72. The Hall–Kier alpha value is -0.430. The lowest BCUT2D eigenvalue weighted by atomic mass is 9.85. The van der Waals surface area contributed by atoms with Crippen LogP contribution in [0.4, 0.5) is 0 Å². The molecule has 4 nitrogen and oxygen atoms in total. The Balaban J connectivity index is 2.12. The number of aryl methyl sites for hydroxylation is 1. The number of thiophene rings is 1. The fourth-order valence-electron chi connectivity index (χ4n) is 2.46. The van der Waals surface area contributed by atoms with Gasteiger partial charge in [-0.05, 0) is 44.4 Å². The normalized spacial score (nSPS) is 25.2. The average molecular weight is 288 g/mol. The number of nitrogens with one attached hydrogen (secondary N) is 1. The number of rotatable bonds is 4. The van der Waals surface area contributed by atoms with E-state index in [-0.39, 0.29) is 12.0 Å². The van der Waals surface area contributed by atoms with Gasteiger partial charge in [0.1, 0.15) is 4.21 Å². The van der Waals surface area contributed by atoms with Gasteiger partial charge in [0.05, 0.1) is 0 Å². The van der Waals surface area contributed by atoms with Crippen molar-refractivity contribution in [1.29, 1.82) is 0 Å². The second kappa shape index (κ2) is 5.69. The summed E-state index contributed by atoms with van der Waals surface area (Å²) >= 11 is 1.31. The Labute approximate surface area is 113 Å². The molecule has 0 aliphatic heterocycles. The Morgan fingerprint density at radius 1 is 1.39 bits per heavy atom. The van der Waals surface area contributed by atoms with Gasteiger partial charge in [-0.15, -0.1) is 11.3 Å². The van der Waals surface area contributed by atoms with E-state index in [1.54, 1.807) is 6.07 Å². The van der Waals surface area contributed by atoms with Crippen molar-refractivity contribution in [3.8, 4) is 0 Å². The number of hydrogen-bond acceptors (Lipinski definition) is 4. The van der Waals surface area contributed by atoms with E-state index in [1.165, 1.54) is 11.3 Å². The summed E-state index contributed by atoms with van der Waals surface area (Å²) in [7, 11) is -3.37. The molecule has 1 aromatic rings. The minimum atomic E-state index is -3.37. The molecule has 0 saturated heterocycles. The summed E-state index contributed by atoms with van der Waals surface area (Å²) in [6.07, 6.45) is 4.14. The van der Waals surface area contributed by atoms with Crippen molar-refractivity contribution < 1.29 is 8.42 Å². The topological polar surface area (TPSA) is 72.2 Å². The van der Waals surface area contributed by atoms with E-state index in [2.05, 4.69) is 4.72 Å². The van der Waals surface area contributed by atoms with Crippen LogP contribution in [-0.4, -0.2) is 21.0 Å². The molecule has 0 amide bonds. The van der Waals surface area contributed by atoms with Crippen molar-refractivity contribution in [1.82, 2.24) is 4.72 Å². The molecular weight excluding hydrogens is 268 g/mol. The second-order valence-electron chi connectivity index (χ2n) is 4.87. The SMILES string of the molecule is Cc1ccc(S(=O)(=O)NC2CCCCC2CN)s1. The first-order chi connectivity index (χ1) is 8.53. The number of hydrogen-bond donors (Lipinski definition) is 2. The van der Waals surface area contributed by atoms with E-state index >= 15 is 0 Å². The monoisotopic (exact) mass is 288 g/mol. The maximum Gasteiger partial charge on any atom is 0.250 e. The van der Waals surface area contributed by atoms with Gasteiger partial charge in [0.2, 0.25) is 10.0 Å². The molecule has 6 heteroatoms. The molecule has 3 N–H and O–H groups in total. The molecule has 1 aromatic heterocycles. The summed E-state index contributed by atoms with van der Waals surface area (Å²) in [5, 5.41) is 0. The Kier molecular flexibility index (Phi) is 4.42. The highest BCUT2D eigenvalue weighted by molar-refractivity contribution is 7.91. The molecule has 0 radical (unpaired) electrons. The predicted octanol–water partition coefficient (Wildman–Crippen LogP) is 1.85. The van der Waals surface area contributed by atoms with Crippen LogP contribution in [0.1, 0.15) is 30.6 Å². The number of nitrogens with two attached hydrogens (primary N) is 1. The average Bonchev–Trinajstić information content (AvgIpc) is 2.77. The zero-order valence-corrected chi connectivity index (χ0v) is 12.2. The van der Waals surface area contributed by atoms with Crippen LogP contribution in [0.5, 0.6) is 0 Å². The van der Waals surface area contributed by atoms with Gasteiger partial charge in [0, 0.05) is 10.9 Å². The third kappa shape index (κ3) is 3.12. The van der Waals surface area contributed by atoms with Crippen LogP contribution >= 0.6 is 11.3 Å². The second-order valence-corrected chi connectivity index (χ2v) is 8.10. The molecule has 1 saturated carbocycles. The molecule has 1 aliphatic rings. The molecule has 102 valence electrons. The van der Waals surface area contributed by atoms with Gasteiger partial charge in [-0.2, -0.15) is 0 Å². The van der Waals surface area contributed by atoms with Crippen molar-refractivity contribution in [2.75, 3.05) is 6.54 Å². The van der Waals surface area contributed by atoms with Crippen molar-refractivity contribution in [2.45, 2.75) is 42.9 Å². The Morgan fingerprint density at radius 2 is 2.11 bits per heavy atom. The first-order valence-corrected chi connectivity index (χ1v) is 8.62. The third-order valence-corrected chi connectivity index (χ3v) is 6.48. The van der Waals surface area contributed by atoms with Crippen LogP contribution in [0.2, 0.25) is 0 Å². The zero-order chi connectivity index (χ0) is 13.2. The zero-order valence-electron chi connectivity index (χ0n) is 10.6. The van der Waals surface area contributed by atoms with Crippen molar-refractivity contribution in [2.24, 2.45) is 11.7 Å². The van der Waals surface area contributed by atoms with E-state index in [0.29, 0.717) is 10.8 Å². The van der Waals surface area contributed by atoms with Crippen LogP contribution in [0, 0.1) is 12.8 Å². The summed E-state index contributed by atoms with van der Waals surface area (Å²) in [4.78, 5) is 1.01. The molecule has 1 heterocycles. The Morgan fingerprint density at radius 3 is 2.72 bits per heavy atom. The minimum Gasteiger partial charge on any atom is -0.330 e. The van der Waals surface area contributed by atoms with Crippen molar-refractivity contribution in [3.63, 3.8) is 0 Å². The highest BCUT2D eigenvalue weighted by atomic mass is 32.2. The van der Waals surface area contributed by atoms with E-state index in [1.807, 2.05) is 13.0 Å². The van der Waals surface area contributed by atoms with Crippen LogP contribution in [0.15, 0.2) is 16.3 Å². The molecule has 1 aliphatic carbocycles. The molecule has 18 heavy (non-hydrogen) atoms. The summed E-state index contributed by atoms with van der Waals surface area (Å²) in [6.45, 7) is 2.46. The minimum absolute atomic E-state index is 0.00356. The van der Waals surface area contributed by atoms with Gasteiger partial charge in [-0.25, -0.2) is 13.1 Å². The van der Waals surface area contributed by atoms with E-state index in [4.69, 9.17) is 5.73 Å². The van der Waals surface area contributed by atoms with Gasteiger partial charge in [-0.1, -0.05) is 12.8 Å². The fraction of sp³-hybridized carbons (Fsp3) is 0.667. The van der Waals surface area contributed by atoms with Gasteiger partial charge < -0.3 is 5.73 Å². The molecule has 0 spiro atoms. The first-order valence-electron chi connectivity index (χ1n) is 6.32. The highest BCUT2D eigenvalue weighted by Gasteiger charge is 2.29. The standard InChI is InChI=1S/C12H20N2O2S2/c1-9-6-7-12(17-9)18(15,16)14-11-5-3-2-4-10(11)8-13/h6-7,10-11,14H,2-5,8,13H2,1H3. The van der Waals surface area contributed by atoms with Gasteiger partial charge in [0.25, 0.3) is 0 Å². The van der Waals surface area contributed by atoms with Crippen LogP contribution in [-0.2, 0) is 10.0 Å². The lowest BCUT2D eigenvalue weighted by molar-refractivity contribution is 0.296. The molecule has 0 aromatic carbocycles. The summed E-state index contributed by atoms with van der Waals surface area (Å²) < 4.78 is 27.7. The molecule has 2 unspecified atom stereocenters. The summed E-state index contributed by atoms with van der Waals surface area (Å²) in [5.74, 6) is 0.273. The largest absolute Gasteiger partial charge is 0.330 e. The third-order valence-electron chi connectivity index (χ3n) is 3.50. The predicted molar refractivity (Wildman–Crippen MR) is 74.2 cm³/mol. The van der Waals surface area contributed by atoms with Crippen molar-refractivity contribution >= 4 is 21.4 Å². The Bertz CT molecular complexity index is 496. The molecular formula is C12H20N2O2S2. The molecule has 2 rings (SSSR count). The van der Waals surface area contributed by atoms with Crippen LogP contribution in [0.25, 0.3) is 0 Å². The molecule has 0 bridgehead atoms. The smallest absolute Gasteiger partial charge is 0.250 e. The fourth-order valence-corrected chi connectivity index (χ4v) is 5.10. The first kappa shape index (κ1) is 14.0. The van der Waals surface area contributed by atoms with E-state index in [0.717, 1.165) is 30.6 Å². The maximum absolute atomic E-state index is 12.2. The van der Waals surface area contributed by atoms with Gasteiger partial charge in [-0.3, -0.25) is 0 Å². The van der Waals surface area contributed by atoms with Crippen molar-refractivity contribution in [3.05, 3.63) is 17.0 Å². The lowest BCUT2D eigenvalue weighted by Crippen LogP contribution is -2.44. The van der Waals surface area contributed by atoms with E-state index < -0.39 is 10.0 Å². The van der Waals surface area contributed by atoms with Gasteiger partial charge >= 0.3 is 0 Å². The quantitative estimate of drug-likeness (QED) is 0.888. The van der Waals surface area contributed by atoms with Crippen LogP contribution in [0.3, 0.4) is 0 Å². The maximum atomic E-state index is 12.2. The van der Waals surface area contributed by atoms with Crippen LogP contribution < -0.4 is 10.5 Å². The van der Waals surface area contributed by atoms with Gasteiger partial charge in [0.15, 0.2) is 0 Å². The van der Waals surface area contributed by atoms with E-state index in [9.17, 15) is 8.42 Å². The lowest BCUT2D eigenvalue weighted by Gasteiger charge is -2.30. The molecule has 1 fully saturated rings.